The minimum Gasteiger partial charge on any atom is -0.497 e. The molecule has 0 spiro atoms. The molecule has 1 N–H and O–H groups in total. The molecule has 2 aromatic carbocycles. The van der Waals surface area contributed by atoms with E-state index < -0.39 is 28.5 Å². The number of nitrogens with zero attached hydrogens (tertiary/aromatic N) is 2. The van der Waals surface area contributed by atoms with Crippen LogP contribution in [0.3, 0.4) is 0 Å². The Balaban J connectivity index is 2.46. The van der Waals surface area contributed by atoms with Gasteiger partial charge in [-0.15, -0.1) is 0 Å². The predicted molar refractivity (Wildman–Crippen MR) is 127 cm³/mol. The van der Waals surface area contributed by atoms with E-state index >= 15 is 0 Å². The lowest BCUT2D eigenvalue weighted by Crippen LogP contribution is -2.51. The quantitative estimate of drug-likeness (QED) is 0.531. The van der Waals surface area contributed by atoms with Crippen molar-refractivity contribution in [1.29, 1.82) is 0 Å². The predicted octanol–water partition coefficient (Wildman–Crippen LogP) is 2.02. The first-order chi connectivity index (χ1) is 15.6. The molecule has 9 nitrogen and oxygen atoms in total. The Kier molecular flexibility index (Phi) is 9.10. The van der Waals surface area contributed by atoms with Crippen molar-refractivity contribution >= 4 is 27.5 Å². The molecule has 33 heavy (non-hydrogen) atoms. The maximum absolute atomic E-state index is 13.5. The van der Waals surface area contributed by atoms with Crippen LogP contribution >= 0.6 is 0 Å². The molecule has 0 saturated carbocycles. The molecular formula is C23H31N3O6S. The number of benzene rings is 2. The van der Waals surface area contributed by atoms with Crippen LogP contribution in [-0.4, -0.2) is 64.7 Å². The van der Waals surface area contributed by atoms with Gasteiger partial charge in [0.15, 0.2) is 0 Å². The molecule has 0 unspecified atom stereocenters. The summed E-state index contributed by atoms with van der Waals surface area (Å²) in [6, 6.07) is 13.1. The molecule has 0 aliphatic carbocycles. The van der Waals surface area contributed by atoms with Crippen LogP contribution in [-0.2, 0) is 26.2 Å². The van der Waals surface area contributed by atoms with Crippen LogP contribution in [0.1, 0.15) is 19.4 Å². The van der Waals surface area contributed by atoms with E-state index in [1.54, 1.807) is 26.0 Å². The van der Waals surface area contributed by atoms with E-state index in [9.17, 15) is 18.0 Å². The van der Waals surface area contributed by atoms with E-state index in [0.717, 1.165) is 16.1 Å². The summed E-state index contributed by atoms with van der Waals surface area (Å²) in [7, 11) is -1.02. The van der Waals surface area contributed by atoms with E-state index in [-0.39, 0.29) is 23.9 Å². The van der Waals surface area contributed by atoms with Crippen molar-refractivity contribution in [3.05, 3.63) is 54.1 Å². The number of hydrogen-bond donors (Lipinski definition) is 1. The van der Waals surface area contributed by atoms with Gasteiger partial charge in [-0.2, -0.15) is 0 Å². The molecule has 2 rings (SSSR count). The number of sulfonamides is 1. The Hall–Kier alpha value is -3.27. The molecule has 0 fully saturated rings. The molecule has 0 aliphatic heterocycles. The molecule has 0 radical (unpaired) electrons. The van der Waals surface area contributed by atoms with Crippen molar-refractivity contribution in [2.24, 2.45) is 0 Å². The smallest absolute Gasteiger partial charge is 0.244 e. The molecule has 180 valence electrons. The molecule has 2 amide bonds. The second kappa shape index (κ2) is 11.6. The highest BCUT2D eigenvalue weighted by Gasteiger charge is 2.31. The van der Waals surface area contributed by atoms with Crippen molar-refractivity contribution < 1.29 is 27.5 Å². The van der Waals surface area contributed by atoms with Crippen LogP contribution in [0.15, 0.2) is 48.5 Å². The lowest BCUT2D eigenvalue weighted by molar-refractivity contribution is -0.139. The fourth-order valence-corrected chi connectivity index (χ4v) is 4.12. The molecule has 10 heteroatoms. The van der Waals surface area contributed by atoms with E-state index in [4.69, 9.17) is 9.47 Å². The summed E-state index contributed by atoms with van der Waals surface area (Å²) in [4.78, 5) is 27.4. The second-order valence-electron chi connectivity index (χ2n) is 7.39. The molecule has 0 aromatic heterocycles. The van der Waals surface area contributed by atoms with Gasteiger partial charge in [0.1, 0.15) is 24.1 Å². The number of rotatable bonds is 11. The summed E-state index contributed by atoms with van der Waals surface area (Å²) >= 11 is 0. The van der Waals surface area contributed by atoms with Crippen molar-refractivity contribution in [2.75, 3.05) is 37.9 Å². The normalized spacial score (nSPS) is 11.9. The van der Waals surface area contributed by atoms with Crippen LogP contribution in [0.5, 0.6) is 11.5 Å². The maximum atomic E-state index is 13.5. The van der Waals surface area contributed by atoms with Gasteiger partial charge in [-0.25, -0.2) is 8.42 Å². The number of carbonyl (C=O) groups is 2. The van der Waals surface area contributed by atoms with E-state index in [1.807, 2.05) is 30.3 Å². The molecule has 0 heterocycles. The Bertz CT molecular complexity index is 1060. The van der Waals surface area contributed by atoms with Gasteiger partial charge in [-0.05, 0) is 31.5 Å². The van der Waals surface area contributed by atoms with Gasteiger partial charge in [0.05, 0.1) is 26.2 Å². The molecule has 2 aromatic rings. The minimum absolute atomic E-state index is 0.144. The molecule has 0 bridgehead atoms. The number of carbonyl (C=O) groups excluding carboxylic acids is 2. The summed E-state index contributed by atoms with van der Waals surface area (Å²) in [5.74, 6) is -0.191. The third-order valence-corrected chi connectivity index (χ3v) is 6.17. The number of amides is 2. The Labute approximate surface area is 195 Å². The van der Waals surface area contributed by atoms with Crippen molar-refractivity contribution in [2.45, 2.75) is 26.4 Å². The van der Waals surface area contributed by atoms with Crippen molar-refractivity contribution in [1.82, 2.24) is 10.2 Å². The number of nitrogens with one attached hydrogen (secondary N) is 1. The van der Waals surface area contributed by atoms with Crippen LogP contribution in [0, 0.1) is 0 Å². The summed E-state index contributed by atoms with van der Waals surface area (Å²) < 4.78 is 36.9. The summed E-state index contributed by atoms with van der Waals surface area (Å²) in [6.45, 7) is 3.44. The van der Waals surface area contributed by atoms with Crippen LogP contribution < -0.4 is 19.1 Å². The highest BCUT2D eigenvalue weighted by molar-refractivity contribution is 7.92. The summed E-state index contributed by atoms with van der Waals surface area (Å²) in [6.07, 6.45) is 1.01. The van der Waals surface area contributed by atoms with Gasteiger partial charge in [0.25, 0.3) is 0 Å². The molecule has 1 atom stereocenters. The molecule has 0 aliphatic rings. The standard InChI is InChI=1S/C23H31N3O6S/c1-6-24-23(28)17(2)25(15-18-10-8-7-9-11-18)22(27)16-26(33(5,29)30)20-14-19(31-3)12-13-21(20)32-4/h7-14,17H,6,15-16H2,1-5H3,(H,24,28)/t17-/m1/s1. The second-order valence-corrected chi connectivity index (χ2v) is 9.29. The zero-order chi connectivity index (χ0) is 24.6. The van der Waals surface area contributed by atoms with Gasteiger partial charge in [-0.3, -0.25) is 13.9 Å². The first kappa shape index (κ1) is 26.0. The lowest BCUT2D eigenvalue weighted by Gasteiger charge is -2.31. The van der Waals surface area contributed by atoms with E-state index in [2.05, 4.69) is 5.32 Å². The molecular weight excluding hydrogens is 446 g/mol. The zero-order valence-corrected chi connectivity index (χ0v) is 20.4. The van der Waals surface area contributed by atoms with Crippen molar-refractivity contribution in [3.8, 4) is 11.5 Å². The zero-order valence-electron chi connectivity index (χ0n) is 19.6. The highest BCUT2D eigenvalue weighted by atomic mass is 32.2. The third-order valence-electron chi connectivity index (χ3n) is 5.05. The van der Waals surface area contributed by atoms with Crippen molar-refractivity contribution in [3.63, 3.8) is 0 Å². The fraction of sp³-hybridized carbons (Fsp3) is 0.391. The minimum atomic E-state index is -3.88. The first-order valence-electron chi connectivity index (χ1n) is 10.4. The summed E-state index contributed by atoms with van der Waals surface area (Å²) in [5, 5.41) is 2.71. The topological polar surface area (TPSA) is 105 Å². The average molecular weight is 478 g/mol. The van der Waals surface area contributed by atoms with E-state index in [1.165, 1.54) is 25.2 Å². The monoisotopic (exact) mass is 477 g/mol. The fourth-order valence-electron chi connectivity index (χ4n) is 3.27. The third kappa shape index (κ3) is 6.85. The SMILES string of the molecule is CCNC(=O)[C@@H](C)N(Cc1ccccc1)C(=O)CN(c1cc(OC)ccc1OC)S(C)(=O)=O. The number of anilines is 1. The van der Waals surface area contributed by atoms with Gasteiger partial charge in [0, 0.05) is 19.2 Å². The Morgan fingerprint density at radius 2 is 1.73 bits per heavy atom. The van der Waals surface area contributed by atoms with Crippen LogP contribution in [0.25, 0.3) is 0 Å². The lowest BCUT2D eigenvalue weighted by atomic mass is 10.1. The first-order valence-corrected chi connectivity index (χ1v) is 12.3. The number of likely N-dealkylation sites (N-methyl/N-ethyl adjacent to an activating group) is 1. The maximum Gasteiger partial charge on any atom is 0.244 e. The Morgan fingerprint density at radius 1 is 1.06 bits per heavy atom. The van der Waals surface area contributed by atoms with Gasteiger partial charge < -0.3 is 19.7 Å². The largest absolute Gasteiger partial charge is 0.497 e. The number of hydrogen-bond acceptors (Lipinski definition) is 6. The average Bonchev–Trinajstić information content (AvgIpc) is 2.80. The van der Waals surface area contributed by atoms with Crippen LogP contribution in [0.2, 0.25) is 0 Å². The van der Waals surface area contributed by atoms with Gasteiger partial charge in [-0.1, -0.05) is 30.3 Å². The number of methoxy groups -OCH3 is 2. The highest BCUT2D eigenvalue weighted by Crippen LogP contribution is 2.33. The van der Waals surface area contributed by atoms with Gasteiger partial charge >= 0.3 is 0 Å². The number of ether oxygens (including phenoxy) is 2. The van der Waals surface area contributed by atoms with Gasteiger partial charge in [0.2, 0.25) is 21.8 Å². The molecule has 0 saturated heterocycles. The Morgan fingerprint density at radius 3 is 2.27 bits per heavy atom. The summed E-state index contributed by atoms with van der Waals surface area (Å²) in [5.41, 5.74) is 0.977. The van der Waals surface area contributed by atoms with E-state index in [0.29, 0.717) is 12.3 Å². The van der Waals surface area contributed by atoms with Crippen LogP contribution in [0.4, 0.5) is 5.69 Å².